The number of nitrogens with zero attached hydrogens (tertiary/aromatic N) is 4. The lowest BCUT2D eigenvalue weighted by molar-refractivity contribution is -0.115. The van der Waals surface area contributed by atoms with Gasteiger partial charge in [0.25, 0.3) is 0 Å². The van der Waals surface area contributed by atoms with Crippen LogP contribution in [0.1, 0.15) is 32.5 Å². The van der Waals surface area contributed by atoms with Crippen molar-refractivity contribution in [2.24, 2.45) is 0 Å². The number of nitrogens with one attached hydrogen (secondary N) is 1. The maximum absolute atomic E-state index is 12.4. The van der Waals surface area contributed by atoms with Crippen molar-refractivity contribution in [3.63, 3.8) is 0 Å². The van der Waals surface area contributed by atoms with Gasteiger partial charge < -0.3 is 9.09 Å². The first-order valence-electron chi connectivity index (χ1n) is 6.44. The van der Waals surface area contributed by atoms with Crippen molar-refractivity contribution in [2.45, 2.75) is 44.1 Å². The Morgan fingerprint density at radius 3 is 2.71 bits per heavy atom. The van der Waals surface area contributed by atoms with Gasteiger partial charge in [0.2, 0.25) is 16.9 Å². The molecule has 0 spiro atoms. The first kappa shape index (κ1) is 15.4. The lowest BCUT2D eigenvalue weighted by Gasteiger charge is -2.13. The van der Waals surface area contributed by atoms with E-state index in [4.69, 9.17) is 4.52 Å². The van der Waals surface area contributed by atoms with Crippen molar-refractivity contribution in [1.82, 2.24) is 19.9 Å². The predicted octanol–water partition coefficient (Wildman–Crippen LogP) is 1.29. The van der Waals surface area contributed by atoms with Crippen LogP contribution in [0.15, 0.2) is 22.1 Å². The van der Waals surface area contributed by atoms with Crippen molar-refractivity contribution >= 4 is 22.6 Å². The van der Waals surface area contributed by atoms with E-state index >= 15 is 0 Å². The Morgan fingerprint density at radius 1 is 1.43 bits per heavy atom. The highest BCUT2D eigenvalue weighted by Crippen LogP contribution is 2.15. The molecule has 2 heterocycles. The summed E-state index contributed by atoms with van der Waals surface area (Å²) in [6.07, 6.45) is 1.50. The molecule has 0 aliphatic rings. The molecule has 0 saturated carbocycles. The molecule has 9 heteroatoms. The van der Waals surface area contributed by atoms with E-state index in [1.807, 2.05) is 13.8 Å². The van der Waals surface area contributed by atoms with Gasteiger partial charge in [-0.25, -0.2) is 0 Å². The normalized spacial score (nSPS) is 14.1. The SMILES string of the molecule is Cc1cc(NC(=O)[C@H](C)[S@](=O)c2nncn2C(C)C)on1. The summed E-state index contributed by atoms with van der Waals surface area (Å²) in [5.41, 5.74) is 0.652. The van der Waals surface area contributed by atoms with Gasteiger partial charge >= 0.3 is 0 Å². The summed E-state index contributed by atoms with van der Waals surface area (Å²) in [4.78, 5) is 12.1. The molecule has 0 bridgehead atoms. The first-order valence-corrected chi connectivity index (χ1v) is 7.65. The summed E-state index contributed by atoms with van der Waals surface area (Å²) >= 11 is 0. The number of amides is 1. The lowest BCUT2D eigenvalue weighted by Crippen LogP contribution is -2.30. The second-order valence-corrected chi connectivity index (χ2v) is 6.54. The Kier molecular flexibility index (Phi) is 4.51. The van der Waals surface area contributed by atoms with Gasteiger partial charge in [-0.1, -0.05) is 5.16 Å². The zero-order valence-electron chi connectivity index (χ0n) is 12.2. The molecule has 21 heavy (non-hydrogen) atoms. The van der Waals surface area contributed by atoms with Gasteiger partial charge in [-0.15, -0.1) is 10.2 Å². The topological polar surface area (TPSA) is 103 Å². The average molecular weight is 311 g/mol. The third-order valence-corrected chi connectivity index (χ3v) is 4.35. The highest BCUT2D eigenvalue weighted by molar-refractivity contribution is 7.86. The van der Waals surface area contributed by atoms with E-state index in [0.29, 0.717) is 5.69 Å². The number of rotatable bonds is 5. The van der Waals surface area contributed by atoms with E-state index < -0.39 is 22.0 Å². The number of carbonyl (C=O) groups is 1. The number of carbonyl (C=O) groups excluding carboxylic acids is 1. The van der Waals surface area contributed by atoms with Crippen LogP contribution in [0.4, 0.5) is 5.88 Å². The lowest BCUT2D eigenvalue weighted by atomic mass is 10.4. The van der Waals surface area contributed by atoms with Gasteiger partial charge in [0, 0.05) is 12.1 Å². The molecule has 0 aromatic carbocycles. The molecule has 2 aromatic heterocycles. The van der Waals surface area contributed by atoms with Crippen molar-refractivity contribution in [3.8, 4) is 0 Å². The van der Waals surface area contributed by atoms with Crippen LogP contribution in [0.25, 0.3) is 0 Å². The van der Waals surface area contributed by atoms with Crippen LogP contribution >= 0.6 is 0 Å². The molecule has 2 atom stereocenters. The van der Waals surface area contributed by atoms with Crippen molar-refractivity contribution in [2.75, 3.05) is 5.32 Å². The summed E-state index contributed by atoms with van der Waals surface area (Å²) in [5.74, 6) is -0.200. The summed E-state index contributed by atoms with van der Waals surface area (Å²) in [6.45, 7) is 7.15. The molecule has 0 unspecified atom stereocenters. The molecular formula is C12H17N5O3S. The summed E-state index contributed by atoms with van der Waals surface area (Å²) in [7, 11) is -1.61. The highest BCUT2D eigenvalue weighted by Gasteiger charge is 2.26. The second-order valence-electron chi connectivity index (χ2n) is 4.88. The predicted molar refractivity (Wildman–Crippen MR) is 76.1 cm³/mol. The molecule has 114 valence electrons. The molecule has 1 amide bonds. The van der Waals surface area contributed by atoms with Gasteiger partial charge in [0.1, 0.15) is 22.4 Å². The minimum atomic E-state index is -1.61. The van der Waals surface area contributed by atoms with E-state index in [1.165, 1.54) is 6.33 Å². The Hall–Kier alpha value is -2.03. The monoisotopic (exact) mass is 311 g/mol. The van der Waals surface area contributed by atoms with Crippen LogP contribution in [0.3, 0.4) is 0 Å². The third kappa shape index (κ3) is 3.35. The van der Waals surface area contributed by atoms with Gasteiger partial charge in [-0.05, 0) is 27.7 Å². The summed E-state index contributed by atoms with van der Waals surface area (Å²) in [5, 5.41) is 13.3. The van der Waals surface area contributed by atoms with Gasteiger partial charge in [0.15, 0.2) is 0 Å². The second kappa shape index (κ2) is 6.17. The minimum Gasteiger partial charge on any atom is -0.338 e. The fraction of sp³-hybridized carbons (Fsp3) is 0.500. The molecule has 0 aliphatic carbocycles. The van der Waals surface area contributed by atoms with E-state index in [1.54, 1.807) is 24.5 Å². The molecule has 2 rings (SSSR count). The van der Waals surface area contributed by atoms with Crippen LogP contribution < -0.4 is 5.32 Å². The minimum absolute atomic E-state index is 0.0612. The fourth-order valence-corrected chi connectivity index (χ4v) is 2.79. The zero-order valence-corrected chi connectivity index (χ0v) is 13.0. The average Bonchev–Trinajstić information content (AvgIpc) is 3.05. The first-order chi connectivity index (χ1) is 9.90. The number of anilines is 1. The van der Waals surface area contributed by atoms with Crippen LogP contribution in [-0.4, -0.2) is 35.3 Å². The van der Waals surface area contributed by atoms with E-state index in [-0.39, 0.29) is 17.1 Å². The number of aromatic nitrogens is 4. The molecule has 0 fully saturated rings. The van der Waals surface area contributed by atoms with E-state index in [9.17, 15) is 9.00 Å². The highest BCUT2D eigenvalue weighted by atomic mass is 32.2. The summed E-state index contributed by atoms with van der Waals surface area (Å²) < 4.78 is 19.0. The van der Waals surface area contributed by atoms with Crippen molar-refractivity contribution < 1.29 is 13.5 Å². The largest absolute Gasteiger partial charge is 0.338 e. The molecule has 0 aliphatic heterocycles. The molecular weight excluding hydrogens is 294 g/mol. The zero-order chi connectivity index (χ0) is 15.6. The number of hydrogen-bond donors (Lipinski definition) is 1. The molecule has 8 nitrogen and oxygen atoms in total. The Morgan fingerprint density at radius 2 is 2.14 bits per heavy atom. The van der Waals surface area contributed by atoms with Gasteiger partial charge in [0.05, 0.1) is 5.69 Å². The molecule has 0 radical (unpaired) electrons. The number of hydrogen-bond acceptors (Lipinski definition) is 6. The molecule has 0 saturated heterocycles. The van der Waals surface area contributed by atoms with Crippen LogP contribution in [0.5, 0.6) is 0 Å². The van der Waals surface area contributed by atoms with E-state index in [2.05, 4.69) is 20.7 Å². The fourth-order valence-electron chi connectivity index (χ4n) is 1.63. The van der Waals surface area contributed by atoms with Crippen molar-refractivity contribution in [3.05, 3.63) is 18.1 Å². The van der Waals surface area contributed by atoms with Crippen LogP contribution in [0.2, 0.25) is 0 Å². The molecule has 1 N–H and O–H groups in total. The number of aryl methyl sites for hydroxylation is 1. The third-order valence-electron chi connectivity index (χ3n) is 2.84. The van der Waals surface area contributed by atoms with Crippen molar-refractivity contribution in [1.29, 1.82) is 0 Å². The van der Waals surface area contributed by atoms with Crippen LogP contribution in [-0.2, 0) is 15.6 Å². The maximum atomic E-state index is 12.4. The smallest absolute Gasteiger partial charge is 0.242 e. The Labute approximate surface area is 124 Å². The Balaban J connectivity index is 2.11. The quantitative estimate of drug-likeness (QED) is 0.892. The maximum Gasteiger partial charge on any atom is 0.242 e. The van der Waals surface area contributed by atoms with E-state index in [0.717, 1.165) is 0 Å². The van der Waals surface area contributed by atoms with Crippen LogP contribution in [0, 0.1) is 6.92 Å². The standard InChI is InChI=1S/C12H17N5O3S/c1-7(2)17-6-13-15-12(17)21(19)9(4)11(18)14-10-5-8(3)16-20-10/h5-7,9H,1-4H3,(H,14,18)/t9-,21-/m0/s1. The Bertz CT molecular complexity index is 663. The summed E-state index contributed by atoms with van der Waals surface area (Å²) in [6, 6.07) is 1.65. The molecule has 2 aromatic rings. The van der Waals surface area contributed by atoms with Gasteiger partial charge in [-0.2, -0.15) is 0 Å². The van der Waals surface area contributed by atoms with Gasteiger partial charge in [-0.3, -0.25) is 14.3 Å².